The van der Waals surface area contributed by atoms with Crippen LogP contribution in [0.1, 0.15) is 24.3 Å². The third-order valence-electron chi connectivity index (χ3n) is 4.76. The number of amides is 1. The third kappa shape index (κ3) is 2.91. The monoisotopic (exact) mass is 335 g/mol. The van der Waals surface area contributed by atoms with Gasteiger partial charge in [-0.05, 0) is 24.6 Å². The fourth-order valence-corrected chi connectivity index (χ4v) is 3.17. The van der Waals surface area contributed by atoms with Crippen molar-refractivity contribution in [1.82, 2.24) is 5.32 Å². The summed E-state index contributed by atoms with van der Waals surface area (Å²) in [4.78, 5) is 24.0. The average Bonchev–Trinajstić information content (AvgIpc) is 3.25. The number of hydrogen-bond donors (Lipinski definition) is 2. The molecule has 1 heterocycles. The van der Waals surface area contributed by atoms with Gasteiger partial charge in [-0.25, -0.2) is 4.79 Å². The van der Waals surface area contributed by atoms with E-state index in [1.165, 1.54) is 0 Å². The van der Waals surface area contributed by atoms with E-state index < -0.39 is 11.5 Å². The molecule has 1 aromatic carbocycles. The van der Waals surface area contributed by atoms with Crippen molar-refractivity contribution < 1.29 is 28.9 Å². The Morgan fingerprint density at radius 2 is 2.12 bits per heavy atom. The minimum Gasteiger partial charge on any atom is -0.497 e. The van der Waals surface area contributed by atoms with Gasteiger partial charge in [-0.15, -0.1) is 0 Å². The summed E-state index contributed by atoms with van der Waals surface area (Å²) in [5, 5.41) is 12.1. The molecule has 1 amide bonds. The second-order valence-corrected chi connectivity index (χ2v) is 6.24. The minimum atomic E-state index is -1.30. The first-order valence-electron chi connectivity index (χ1n) is 7.86. The van der Waals surface area contributed by atoms with Crippen molar-refractivity contribution in [3.05, 3.63) is 23.8 Å². The van der Waals surface area contributed by atoms with E-state index in [4.69, 9.17) is 14.2 Å². The smallest absolute Gasteiger partial charge is 0.331 e. The maximum absolute atomic E-state index is 12.5. The molecular weight excluding hydrogens is 314 g/mol. The maximum Gasteiger partial charge on any atom is 0.331 e. The Labute approximate surface area is 139 Å². The number of aliphatic carboxylic acids is 1. The molecule has 2 aliphatic rings. The molecule has 2 fully saturated rings. The van der Waals surface area contributed by atoms with E-state index in [0.29, 0.717) is 24.5 Å². The Balaban J connectivity index is 1.73. The van der Waals surface area contributed by atoms with Crippen LogP contribution in [-0.2, 0) is 14.3 Å². The summed E-state index contributed by atoms with van der Waals surface area (Å²) in [5.41, 5.74) is -0.396. The summed E-state index contributed by atoms with van der Waals surface area (Å²) in [6, 6.07) is 5.47. The molecule has 7 nitrogen and oxygen atoms in total. The molecule has 1 aromatic rings. The molecule has 0 spiro atoms. The first kappa shape index (κ1) is 16.6. The van der Waals surface area contributed by atoms with Gasteiger partial charge in [0, 0.05) is 30.4 Å². The zero-order valence-electron chi connectivity index (χ0n) is 13.7. The first-order valence-corrected chi connectivity index (χ1v) is 7.86. The van der Waals surface area contributed by atoms with Gasteiger partial charge in [0.2, 0.25) is 5.91 Å². The number of nitrogens with one attached hydrogen (secondary N) is 1. The molecule has 1 aliphatic heterocycles. The predicted octanol–water partition coefficient (Wildman–Crippen LogP) is 1.17. The summed E-state index contributed by atoms with van der Waals surface area (Å²) >= 11 is 0. The molecule has 24 heavy (non-hydrogen) atoms. The number of carbonyl (C=O) groups excluding carboxylic acids is 1. The zero-order valence-corrected chi connectivity index (χ0v) is 13.7. The molecule has 0 bridgehead atoms. The van der Waals surface area contributed by atoms with E-state index in [9.17, 15) is 14.7 Å². The van der Waals surface area contributed by atoms with E-state index in [1.54, 1.807) is 20.3 Å². The topological polar surface area (TPSA) is 94.1 Å². The van der Waals surface area contributed by atoms with Gasteiger partial charge in [0.1, 0.15) is 11.5 Å². The highest BCUT2D eigenvalue weighted by Gasteiger charge is 2.50. The fraction of sp³-hybridized carbons (Fsp3) is 0.529. The second-order valence-electron chi connectivity index (χ2n) is 6.24. The molecule has 0 radical (unpaired) electrons. The van der Waals surface area contributed by atoms with Crippen LogP contribution in [0.3, 0.4) is 0 Å². The van der Waals surface area contributed by atoms with Crippen molar-refractivity contribution in [3.63, 3.8) is 0 Å². The number of carboxylic acid groups (broad SMARTS) is 1. The lowest BCUT2D eigenvalue weighted by molar-refractivity contribution is -0.147. The van der Waals surface area contributed by atoms with Gasteiger partial charge in [-0.1, -0.05) is 0 Å². The van der Waals surface area contributed by atoms with Crippen LogP contribution in [0.4, 0.5) is 0 Å². The summed E-state index contributed by atoms with van der Waals surface area (Å²) in [6.07, 6.45) is 0.944. The molecular formula is C17H21NO6. The molecule has 130 valence electrons. The third-order valence-corrected chi connectivity index (χ3v) is 4.76. The van der Waals surface area contributed by atoms with Crippen LogP contribution in [0.15, 0.2) is 18.2 Å². The minimum absolute atomic E-state index is 0.00298. The normalized spacial score (nSPS) is 28.2. The van der Waals surface area contributed by atoms with Crippen LogP contribution in [-0.4, -0.2) is 50.0 Å². The van der Waals surface area contributed by atoms with E-state index >= 15 is 0 Å². The van der Waals surface area contributed by atoms with Gasteiger partial charge in [0.25, 0.3) is 0 Å². The van der Waals surface area contributed by atoms with Gasteiger partial charge in [-0.3, -0.25) is 4.79 Å². The van der Waals surface area contributed by atoms with Crippen LogP contribution in [0.5, 0.6) is 11.5 Å². The fourth-order valence-electron chi connectivity index (χ4n) is 3.17. The Morgan fingerprint density at radius 3 is 2.71 bits per heavy atom. The lowest BCUT2D eigenvalue weighted by Crippen LogP contribution is -2.55. The molecule has 7 heteroatoms. The van der Waals surface area contributed by atoms with Crippen molar-refractivity contribution in [1.29, 1.82) is 0 Å². The van der Waals surface area contributed by atoms with Crippen LogP contribution >= 0.6 is 0 Å². The molecule has 1 saturated heterocycles. The summed E-state index contributed by atoms with van der Waals surface area (Å²) in [7, 11) is 3.16. The largest absolute Gasteiger partial charge is 0.497 e. The van der Waals surface area contributed by atoms with Crippen LogP contribution in [0, 0.1) is 5.92 Å². The number of benzene rings is 1. The highest BCUT2D eigenvalue weighted by atomic mass is 16.5. The van der Waals surface area contributed by atoms with Crippen LogP contribution in [0.25, 0.3) is 0 Å². The highest BCUT2D eigenvalue weighted by Crippen LogP contribution is 2.51. The quantitative estimate of drug-likeness (QED) is 0.810. The molecule has 1 aliphatic carbocycles. The number of carbonyl (C=O) groups is 2. The van der Waals surface area contributed by atoms with Gasteiger partial charge in [-0.2, -0.15) is 0 Å². The Hall–Kier alpha value is -2.28. The zero-order chi connectivity index (χ0) is 17.3. The van der Waals surface area contributed by atoms with Crippen molar-refractivity contribution in [2.75, 3.05) is 27.4 Å². The van der Waals surface area contributed by atoms with Gasteiger partial charge >= 0.3 is 5.97 Å². The maximum atomic E-state index is 12.5. The summed E-state index contributed by atoms with van der Waals surface area (Å²) in [6.45, 7) is 0.346. The number of methoxy groups -OCH3 is 2. The van der Waals surface area contributed by atoms with Crippen LogP contribution in [0.2, 0.25) is 0 Å². The van der Waals surface area contributed by atoms with Gasteiger partial charge < -0.3 is 24.6 Å². The van der Waals surface area contributed by atoms with E-state index in [-0.39, 0.29) is 30.8 Å². The second kappa shape index (κ2) is 6.32. The Bertz CT molecular complexity index is 652. The Morgan fingerprint density at radius 1 is 1.33 bits per heavy atom. The molecule has 3 atom stereocenters. The van der Waals surface area contributed by atoms with E-state index in [1.807, 2.05) is 12.1 Å². The number of rotatable bonds is 6. The Kier molecular flexibility index (Phi) is 4.36. The predicted molar refractivity (Wildman–Crippen MR) is 84.3 cm³/mol. The van der Waals surface area contributed by atoms with Gasteiger partial charge in [0.15, 0.2) is 5.54 Å². The first-order chi connectivity index (χ1) is 11.5. The molecule has 1 saturated carbocycles. The average molecular weight is 335 g/mol. The molecule has 3 unspecified atom stereocenters. The highest BCUT2D eigenvalue weighted by molar-refractivity contribution is 5.90. The standard InChI is InChI=1S/C17H21NO6/c1-22-10-3-4-14(23-2)12(7-10)11-8-13(11)15(19)18-17(16(20)21)5-6-24-9-17/h3-4,7,11,13H,5-6,8-9H2,1-2H3,(H,18,19)(H,20,21). The molecule has 2 N–H and O–H groups in total. The summed E-state index contributed by atoms with van der Waals surface area (Å²) < 4.78 is 15.8. The SMILES string of the molecule is COc1ccc(OC)c(C2CC2C(=O)NC2(C(=O)O)CCOC2)c1. The van der Waals surface area contributed by atoms with Crippen LogP contribution < -0.4 is 14.8 Å². The van der Waals surface area contributed by atoms with Crippen molar-refractivity contribution in [3.8, 4) is 11.5 Å². The van der Waals surface area contributed by atoms with Gasteiger partial charge in [0.05, 0.1) is 20.8 Å². The van der Waals surface area contributed by atoms with E-state index in [0.717, 1.165) is 5.56 Å². The van der Waals surface area contributed by atoms with Crippen molar-refractivity contribution in [2.24, 2.45) is 5.92 Å². The van der Waals surface area contributed by atoms with E-state index in [2.05, 4.69) is 5.32 Å². The summed E-state index contributed by atoms with van der Waals surface area (Å²) in [5.74, 6) is -0.162. The number of hydrogen-bond acceptors (Lipinski definition) is 5. The number of carboxylic acids is 1. The molecule has 0 aromatic heterocycles. The van der Waals surface area contributed by atoms with Crippen molar-refractivity contribution >= 4 is 11.9 Å². The van der Waals surface area contributed by atoms with Crippen molar-refractivity contribution in [2.45, 2.75) is 24.3 Å². The lowest BCUT2D eigenvalue weighted by atomic mass is 9.98. The number of ether oxygens (including phenoxy) is 3. The molecule has 3 rings (SSSR count). The lowest BCUT2D eigenvalue weighted by Gasteiger charge is -2.23.